The quantitative estimate of drug-likeness (QED) is 0.828. The first-order chi connectivity index (χ1) is 10.9. The number of methoxy groups -OCH3 is 2. The minimum Gasteiger partial charge on any atom is -0.494 e. The number of esters is 1. The number of hydrogen-bond donors (Lipinski definition) is 1. The fourth-order valence-corrected chi connectivity index (χ4v) is 2.74. The van der Waals surface area contributed by atoms with E-state index in [0.717, 1.165) is 5.01 Å². The van der Waals surface area contributed by atoms with Crippen molar-refractivity contribution in [2.24, 2.45) is 5.92 Å². The number of hydrazine groups is 1. The summed E-state index contributed by atoms with van der Waals surface area (Å²) in [6.45, 7) is -0.0384. The van der Waals surface area contributed by atoms with Crippen LogP contribution in [0.15, 0.2) is 12.1 Å². The lowest BCUT2D eigenvalue weighted by Crippen LogP contribution is -2.54. The van der Waals surface area contributed by atoms with Crippen LogP contribution in [0, 0.1) is 5.92 Å². The van der Waals surface area contributed by atoms with Crippen LogP contribution in [0.5, 0.6) is 5.75 Å². The molecule has 7 nitrogen and oxygen atoms in total. The summed E-state index contributed by atoms with van der Waals surface area (Å²) in [5.41, 5.74) is 2.41. The van der Waals surface area contributed by atoms with E-state index < -0.39 is 23.7 Å². The first kappa shape index (κ1) is 17.4. The van der Waals surface area contributed by atoms with Crippen molar-refractivity contribution in [3.05, 3.63) is 27.7 Å². The molecular weight excluding hydrogens is 347 g/mol. The van der Waals surface area contributed by atoms with Gasteiger partial charge in [-0.1, -0.05) is 23.2 Å². The summed E-state index contributed by atoms with van der Waals surface area (Å²) in [4.78, 5) is 36.1. The lowest BCUT2D eigenvalue weighted by atomic mass is 10.0. The predicted molar refractivity (Wildman–Crippen MR) is 82.3 cm³/mol. The minimum absolute atomic E-state index is 0.00693. The molecule has 9 heteroatoms. The summed E-state index contributed by atoms with van der Waals surface area (Å²) in [6, 6.07) is 2.94. The molecule has 1 fully saturated rings. The number of carbonyl (C=O) groups is 3. The van der Waals surface area contributed by atoms with Crippen molar-refractivity contribution >= 4 is 41.0 Å². The zero-order chi connectivity index (χ0) is 17.1. The Morgan fingerprint density at radius 3 is 2.52 bits per heavy atom. The largest absolute Gasteiger partial charge is 0.494 e. The van der Waals surface area contributed by atoms with Crippen LogP contribution >= 0.6 is 23.2 Å². The van der Waals surface area contributed by atoms with Crippen molar-refractivity contribution in [1.82, 2.24) is 10.4 Å². The van der Waals surface area contributed by atoms with Gasteiger partial charge in [0.1, 0.15) is 5.56 Å². The Morgan fingerprint density at radius 1 is 1.26 bits per heavy atom. The second-order valence-electron chi connectivity index (χ2n) is 4.81. The number of rotatable bonds is 3. The van der Waals surface area contributed by atoms with Crippen molar-refractivity contribution in [2.45, 2.75) is 6.42 Å². The highest BCUT2D eigenvalue weighted by molar-refractivity contribution is 6.37. The van der Waals surface area contributed by atoms with E-state index >= 15 is 0 Å². The van der Waals surface area contributed by atoms with Crippen LogP contribution in [-0.2, 0) is 14.3 Å². The Balaban J connectivity index is 2.35. The third kappa shape index (κ3) is 3.51. The van der Waals surface area contributed by atoms with E-state index in [9.17, 15) is 14.4 Å². The molecule has 1 aliphatic rings. The first-order valence-corrected chi connectivity index (χ1v) is 7.35. The Hall–Kier alpha value is -1.99. The fourth-order valence-electron chi connectivity index (χ4n) is 2.28. The van der Waals surface area contributed by atoms with E-state index in [2.05, 4.69) is 10.2 Å². The van der Waals surface area contributed by atoms with Crippen LogP contribution in [0.1, 0.15) is 16.8 Å². The van der Waals surface area contributed by atoms with Gasteiger partial charge in [0.05, 0.1) is 36.7 Å². The van der Waals surface area contributed by atoms with Gasteiger partial charge in [-0.05, 0) is 12.1 Å². The van der Waals surface area contributed by atoms with Gasteiger partial charge in [-0.15, -0.1) is 0 Å². The molecule has 0 aromatic heterocycles. The van der Waals surface area contributed by atoms with Gasteiger partial charge in [0.25, 0.3) is 5.91 Å². The second-order valence-corrected chi connectivity index (χ2v) is 5.63. The summed E-state index contributed by atoms with van der Waals surface area (Å²) in [6.07, 6.45) is -0.0587. The predicted octanol–water partition coefficient (Wildman–Crippen LogP) is 1.67. The van der Waals surface area contributed by atoms with Crippen LogP contribution in [0.3, 0.4) is 0 Å². The third-order valence-electron chi connectivity index (χ3n) is 3.35. The van der Waals surface area contributed by atoms with Gasteiger partial charge in [0.2, 0.25) is 5.91 Å². The molecule has 1 aromatic carbocycles. The summed E-state index contributed by atoms with van der Waals surface area (Å²) in [5.74, 6) is -2.32. The van der Waals surface area contributed by atoms with Gasteiger partial charge in [-0.2, -0.15) is 0 Å². The van der Waals surface area contributed by atoms with Gasteiger partial charge in [0.15, 0.2) is 5.75 Å². The Bertz CT molecular complexity index is 665. The second kappa shape index (κ2) is 7.06. The Labute approximate surface area is 142 Å². The molecular formula is C14H14Cl2N2O5. The molecule has 124 valence electrons. The molecule has 0 bridgehead atoms. The molecule has 1 atom stereocenters. The number of hydrogen-bond acceptors (Lipinski definition) is 5. The molecule has 0 radical (unpaired) electrons. The van der Waals surface area contributed by atoms with Crippen molar-refractivity contribution in [3.8, 4) is 5.75 Å². The van der Waals surface area contributed by atoms with Crippen molar-refractivity contribution < 1.29 is 23.9 Å². The number of ether oxygens (including phenoxy) is 2. The van der Waals surface area contributed by atoms with Crippen LogP contribution in [0.2, 0.25) is 10.0 Å². The van der Waals surface area contributed by atoms with Crippen LogP contribution in [0.25, 0.3) is 0 Å². The normalized spacial score (nSPS) is 17.5. The number of carbonyl (C=O) groups excluding carboxylic acids is 3. The van der Waals surface area contributed by atoms with Gasteiger partial charge >= 0.3 is 5.97 Å². The van der Waals surface area contributed by atoms with Gasteiger partial charge in [-0.3, -0.25) is 19.8 Å². The molecule has 1 N–H and O–H groups in total. The molecule has 1 heterocycles. The zero-order valence-corrected chi connectivity index (χ0v) is 13.9. The summed E-state index contributed by atoms with van der Waals surface area (Å²) in [7, 11) is 2.57. The molecule has 0 aliphatic carbocycles. The van der Waals surface area contributed by atoms with Crippen molar-refractivity contribution in [2.75, 3.05) is 20.8 Å². The Kier molecular flexibility index (Phi) is 5.33. The van der Waals surface area contributed by atoms with E-state index in [4.69, 9.17) is 27.9 Å². The van der Waals surface area contributed by atoms with Crippen LogP contribution < -0.4 is 10.2 Å². The maximum atomic E-state index is 12.7. The highest BCUT2D eigenvalue weighted by Gasteiger charge is 2.35. The molecule has 2 amide bonds. The lowest BCUT2D eigenvalue weighted by molar-refractivity contribution is -0.151. The van der Waals surface area contributed by atoms with Gasteiger partial charge in [0, 0.05) is 6.42 Å². The van der Waals surface area contributed by atoms with E-state index in [1.165, 1.54) is 26.4 Å². The third-order valence-corrected chi connectivity index (χ3v) is 3.96. The van der Waals surface area contributed by atoms with Crippen LogP contribution in [0.4, 0.5) is 0 Å². The van der Waals surface area contributed by atoms with Gasteiger partial charge < -0.3 is 9.47 Å². The average Bonchev–Trinajstić information content (AvgIpc) is 2.54. The van der Waals surface area contributed by atoms with Crippen molar-refractivity contribution in [1.29, 1.82) is 0 Å². The summed E-state index contributed by atoms with van der Waals surface area (Å²) >= 11 is 12.1. The molecule has 1 aromatic rings. The van der Waals surface area contributed by atoms with Crippen molar-refractivity contribution in [3.63, 3.8) is 0 Å². The maximum Gasteiger partial charge on any atom is 0.311 e. The fraction of sp³-hybridized carbons (Fsp3) is 0.357. The average molecular weight is 361 g/mol. The molecule has 1 aliphatic heterocycles. The van der Waals surface area contributed by atoms with E-state index in [1.807, 2.05) is 0 Å². The molecule has 23 heavy (non-hydrogen) atoms. The molecule has 0 saturated carbocycles. The maximum absolute atomic E-state index is 12.7. The molecule has 1 unspecified atom stereocenters. The lowest BCUT2D eigenvalue weighted by Gasteiger charge is -2.31. The highest BCUT2D eigenvalue weighted by atomic mass is 35.5. The Morgan fingerprint density at radius 2 is 1.91 bits per heavy atom. The molecule has 1 saturated heterocycles. The standard InChI is InChI=1S/C14H14Cl2N2O5/c1-22-12-9(16)4-3-8(15)11(12)13(20)18-6-7(14(21)23-2)5-10(19)17-18/h3-4,7H,5-6H2,1-2H3,(H,17,19). The SMILES string of the molecule is COC(=O)C1CC(=O)NN(C(=O)c2c(Cl)ccc(Cl)c2OC)C1. The van der Waals surface area contributed by atoms with E-state index in [-0.39, 0.29) is 34.3 Å². The monoisotopic (exact) mass is 360 g/mol. The number of halogens is 2. The topological polar surface area (TPSA) is 84.9 Å². The number of nitrogens with one attached hydrogen (secondary N) is 1. The van der Waals surface area contributed by atoms with E-state index in [0.29, 0.717) is 0 Å². The smallest absolute Gasteiger partial charge is 0.311 e. The molecule has 2 rings (SSSR count). The van der Waals surface area contributed by atoms with Gasteiger partial charge in [-0.25, -0.2) is 5.01 Å². The summed E-state index contributed by atoms with van der Waals surface area (Å²) in [5, 5.41) is 1.33. The molecule has 0 spiro atoms. The zero-order valence-electron chi connectivity index (χ0n) is 12.4. The first-order valence-electron chi connectivity index (χ1n) is 6.60. The van der Waals surface area contributed by atoms with Crippen LogP contribution in [-0.4, -0.2) is 43.6 Å². The number of benzene rings is 1. The number of nitrogens with zero attached hydrogens (tertiary/aromatic N) is 1. The highest BCUT2D eigenvalue weighted by Crippen LogP contribution is 2.35. The summed E-state index contributed by atoms with van der Waals surface area (Å²) < 4.78 is 9.75. The number of amides is 2. The minimum atomic E-state index is -0.748. The van der Waals surface area contributed by atoms with E-state index in [1.54, 1.807) is 0 Å².